The third kappa shape index (κ3) is 1.43. The molecule has 0 saturated heterocycles. The van der Waals surface area contributed by atoms with Crippen LogP contribution in [0.25, 0.3) is 0 Å². The number of allylic oxidation sites excluding steroid dienone is 2. The molecule has 14 heavy (non-hydrogen) atoms. The Morgan fingerprint density at radius 2 is 2.14 bits per heavy atom. The van der Waals surface area contributed by atoms with Crippen molar-refractivity contribution < 1.29 is 4.79 Å². The number of hydrogen-bond donors (Lipinski definition) is 0. The number of rotatable bonds is 2. The smallest absolute Gasteiger partial charge is 0.123 e. The highest BCUT2D eigenvalue weighted by Crippen LogP contribution is 2.49. The van der Waals surface area contributed by atoms with Gasteiger partial charge in [-0.3, -0.25) is 0 Å². The first-order valence-electron chi connectivity index (χ1n) is 5.77. The van der Waals surface area contributed by atoms with Crippen LogP contribution in [0.5, 0.6) is 0 Å². The Balaban J connectivity index is 2.22. The summed E-state index contributed by atoms with van der Waals surface area (Å²) in [6.45, 7) is 6.82. The fraction of sp³-hybridized carbons (Fsp3) is 0.769. The summed E-state index contributed by atoms with van der Waals surface area (Å²) in [6, 6.07) is 0. The largest absolute Gasteiger partial charge is 0.303 e. The Morgan fingerprint density at radius 1 is 1.43 bits per heavy atom. The molecule has 1 nitrogen and oxygen atoms in total. The van der Waals surface area contributed by atoms with Crippen molar-refractivity contribution in [2.45, 2.75) is 33.6 Å². The Morgan fingerprint density at radius 3 is 2.64 bits per heavy atom. The van der Waals surface area contributed by atoms with Crippen molar-refractivity contribution in [3.05, 3.63) is 11.6 Å². The highest BCUT2D eigenvalue weighted by atomic mass is 16.1. The number of carbonyl (C=O) groups excluding carboxylic acids is 1. The van der Waals surface area contributed by atoms with Crippen molar-refractivity contribution in [1.29, 1.82) is 0 Å². The minimum Gasteiger partial charge on any atom is -0.303 e. The van der Waals surface area contributed by atoms with E-state index in [0.29, 0.717) is 17.8 Å². The van der Waals surface area contributed by atoms with Gasteiger partial charge in [-0.15, -0.1) is 0 Å². The fourth-order valence-electron chi connectivity index (χ4n) is 3.39. The molecule has 0 aromatic rings. The molecule has 1 fully saturated rings. The number of carbonyl (C=O) groups is 1. The van der Waals surface area contributed by atoms with Gasteiger partial charge in [0.1, 0.15) is 6.29 Å². The second kappa shape index (κ2) is 3.52. The van der Waals surface area contributed by atoms with Crippen LogP contribution in [-0.4, -0.2) is 6.29 Å². The third-order valence-corrected chi connectivity index (χ3v) is 4.23. The first-order chi connectivity index (χ1) is 6.63. The van der Waals surface area contributed by atoms with Crippen molar-refractivity contribution in [3.63, 3.8) is 0 Å². The highest BCUT2D eigenvalue weighted by molar-refractivity contribution is 5.56. The molecule has 78 valence electrons. The molecule has 0 aromatic carbocycles. The SMILES string of the molecule is CC1=C[C@@H]2C[C@@H](C=O)[C@H]1C[C@@H]2C(C)C. The van der Waals surface area contributed by atoms with Gasteiger partial charge in [0.15, 0.2) is 0 Å². The monoisotopic (exact) mass is 192 g/mol. The average Bonchev–Trinajstić information content (AvgIpc) is 2.16. The van der Waals surface area contributed by atoms with Gasteiger partial charge in [0.05, 0.1) is 0 Å². The predicted octanol–water partition coefficient (Wildman–Crippen LogP) is 3.06. The standard InChI is InChI=1S/C13H20O/c1-8(2)12-6-13-9(3)4-10(12)5-11(13)7-14/h4,7-8,10-13H,5-6H2,1-3H3/t10-,11+,12-,13+/m1/s1. The molecule has 0 N–H and O–H groups in total. The van der Waals surface area contributed by atoms with Gasteiger partial charge in [0.25, 0.3) is 0 Å². The van der Waals surface area contributed by atoms with Crippen molar-refractivity contribution in [3.8, 4) is 0 Å². The Bertz CT molecular complexity index is 264. The molecule has 0 heterocycles. The minimum absolute atomic E-state index is 0.319. The minimum atomic E-state index is 0.319. The van der Waals surface area contributed by atoms with Crippen molar-refractivity contribution in [2.24, 2.45) is 29.6 Å². The van der Waals surface area contributed by atoms with Gasteiger partial charge in [-0.25, -0.2) is 0 Å². The maximum absolute atomic E-state index is 10.9. The summed E-state index contributed by atoms with van der Waals surface area (Å²) < 4.78 is 0. The molecule has 2 bridgehead atoms. The molecule has 1 heteroatoms. The summed E-state index contributed by atoms with van der Waals surface area (Å²) in [5, 5.41) is 0. The van der Waals surface area contributed by atoms with E-state index in [9.17, 15) is 4.79 Å². The van der Waals surface area contributed by atoms with E-state index in [1.165, 1.54) is 18.3 Å². The fourth-order valence-corrected chi connectivity index (χ4v) is 3.39. The molecule has 3 rings (SSSR count). The van der Waals surface area contributed by atoms with Crippen LogP contribution < -0.4 is 0 Å². The lowest BCUT2D eigenvalue weighted by molar-refractivity contribution is -0.114. The second-order valence-electron chi connectivity index (χ2n) is 5.36. The Labute approximate surface area is 86.6 Å². The van der Waals surface area contributed by atoms with Crippen LogP contribution >= 0.6 is 0 Å². The topological polar surface area (TPSA) is 17.1 Å². The summed E-state index contributed by atoms with van der Waals surface area (Å²) in [5.41, 5.74) is 1.47. The van der Waals surface area contributed by atoms with E-state index in [1.54, 1.807) is 0 Å². The van der Waals surface area contributed by atoms with Crippen LogP contribution in [0.15, 0.2) is 11.6 Å². The molecule has 0 aliphatic heterocycles. The quantitative estimate of drug-likeness (QED) is 0.485. The van der Waals surface area contributed by atoms with Crippen molar-refractivity contribution in [1.82, 2.24) is 0 Å². The zero-order valence-corrected chi connectivity index (χ0v) is 9.36. The van der Waals surface area contributed by atoms with Crippen LogP contribution in [0.1, 0.15) is 33.6 Å². The lowest BCUT2D eigenvalue weighted by Crippen LogP contribution is -2.39. The van der Waals surface area contributed by atoms with Gasteiger partial charge in [-0.05, 0) is 43.4 Å². The summed E-state index contributed by atoms with van der Waals surface area (Å²) >= 11 is 0. The summed E-state index contributed by atoms with van der Waals surface area (Å²) in [5.74, 6) is 3.14. The van der Waals surface area contributed by atoms with E-state index in [4.69, 9.17) is 0 Å². The van der Waals surface area contributed by atoms with Gasteiger partial charge in [0, 0.05) is 5.92 Å². The maximum Gasteiger partial charge on any atom is 0.123 e. The Hall–Kier alpha value is -0.590. The molecule has 0 amide bonds. The third-order valence-electron chi connectivity index (χ3n) is 4.23. The molecule has 4 atom stereocenters. The summed E-state index contributed by atoms with van der Waals surface area (Å²) in [7, 11) is 0. The molecule has 3 aliphatic carbocycles. The summed E-state index contributed by atoms with van der Waals surface area (Å²) in [4.78, 5) is 10.9. The zero-order chi connectivity index (χ0) is 10.3. The van der Waals surface area contributed by atoms with Gasteiger partial charge in [-0.2, -0.15) is 0 Å². The molecule has 0 spiro atoms. The summed E-state index contributed by atoms with van der Waals surface area (Å²) in [6.07, 6.45) is 5.96. The first-order valence-corrected chi connectivity index (χ1v) is 5.77. The molecule has 0 aromatic heterocycles. The first kappa shape index (κ1) is 9.95. The maximum atomic E-state index is 10.9. The van der Waals surface area contributed by atoms with Gasteiger partial charge >= 0.3 is 0 Å². The predicted molar refractivity (Wildman–Crippen MR) is 57.9 cm³/mol. The van der Waals surface area contributed by atoms with Crippen LogP contribution in [0.2, 0.25) is 0 Å². The van der Waals surface area contributed by atoms with Crippen molar-refractivity contribution in [2.75, 3.05) is 0 Å². The molecular formula is C13H20O. The van der Waals surface area contributed by atoms with Crippen LogP contribution in [0.4, 0.5) is 0 Å². The molecule has 3 aliphatic rings. The Kier molecular flexibility index (Phi) is 2.50. The second-order valence-corrected chi connectivity index (χ2v) is 5.36. The molecule has 0 unspecified atom stereocenters. The molecule has 1 saturated carbocycles. The molecule has 0 radical (unpaired) electrons. The lowest BCUT2D eigenvalue weighted by Gasteiger charge is -2.45. The van der Waals surface area contributed by atoms with E-state index in [1.807, 2.05) is 0 Å². The van der Waals surface area contributed by atoms with Crippen LogP contribution in [-0.2, 0) is 4.79 Å². The van der Waals surface area contributed by atoms with Gasteiger partial charge in [-0.1, -0.05) is 25.5 Å². The highest BCUT2D eigenvalue weighted by Gasteiger charge is 2.41. The normalized spacial score (nSPS) is 41.3. The van der Waals surface area contributed by atoms with E-state index in [0.717, 1.165) is 18.3 Å². The van der Waals surface area contributed by atoms with E-state index in [2.05, 4.69) is 26.8 Å². The van der Waals surface area contributed by atoms with E-state index < -0.39 is 0 Å². The number of hydrogen-bond acceptors (Lipinski definition) is 1. The number of aldehydes is 1. The zero-order valence-electron chi connectivity index (χ0n) is 9.36. The van der Waals surface area contributed by atoms with Crippen molar-refractivity contribution >= 4 is 6.29 Å². The van der Waals surface area contributed by atoms with E-state index >= 15 is 0 Å². The van der Waals surface area contributed by atoms with Crippen LogP contribution in [0.3, 0.4) is 0 Å². The average molecular weight is 192 g/mol. The van der Waals surface area contributed by atoms with Gasteiger partial charge < -0.3 is 4.79 Å². The lowest BCUT2D eigenvalue weighted by atomic mass is 9.59. The van der Waals surface area contributed by atoms with Crippen LogP contribution in [0, 0.1) is 29.6 Å². The number of fused-ring (bicyclic) bond motifs is 2. The van der Waals surface area contributed by atoms with E-state index in [-0.39, 0.29) is 0 Å². The van der Waals surface area contributed by atoms with Gasteiger partial charge in [0.2, 0.25) is 0 Å². The molecular weight excluding hydrogens is 172 g/mol.